The molecule has 0 fully saturated rings. The van der Waals surface area contributed by atoms with Gasteiger partial charge in [-0.3, -0.25) is 4.79 Å². The maximum atomic E-state index is 12.9. The van der Waals surface area contributed by atoms with Gasteiger partial charge in [-0.05, 0) is 36.1 Å². The van der Waals surface area contributed by atoms with Crippen molar-refractivity contribution in [2.75, 3.05) is 7.11 Å². The minimum absolute atomic E-state index is 0.00175. The highest BCUT2D eigenvalue weighted by Crippen LogP contribution is 2.33. The minimum Gasteiger partial charge on any atom is -0.497 e. The molecule has 0 amide bonds. The number of unbranched alkanes of at least 4 members (excludes halogenated alkanes) is 4. The summed E-state index contributed by atoms with van der Waals surface area (Å²) in [5.74, 6) is 1.15. The van der Waals surface area contributed by atoms with Gasteiger partial charge < -0.3 is 4.74 Å². The van der Waals surface area contributed by atoms with Crippen LogP contribution < -0.4 is 4.74 Å². The lowest BCUT2D eigenvalue weighted by Gasteiger charge is -2.29. The quantitative estimate of drug-likeness (QED) is 0.419. The van der Waals surface area contributed by atoms with Gasteiger partial charge in [-0.2, -0.15) is 0 Å². The van der Waals surface area contributed by atoms with Gasteiger partial charge in [0.05, 0.1) is 7.11 Å². The summed E-state index contributed by atoms with van der Waals surface area (Å²) < 4.78 is 5.17. The van der Waals surface area contributed by atoms with E-state index >= 15 is 0 Å². The van der Waals surface area contributed by atoms with Crippen molar-refractivity contribution < 1.29 is 9.53 Å². The molecule has 22 heavy (non-hydrogen) atoms. The normalized spacial score (nSPS) is 13.0. The molecule has 0 heterocycles. The summed E-state index contributed by atoms with van der Waals surface area (Å²) in [4.78, 5) is 12.9. The van der Waals surface area contributed by atoms with E-state index in [1.165, 1.54) is 25.7 Å². The van der Waals surface area contributed by atoms with Crippen LogP contribution in [-0.2, 0) is 0 Å². The minimum atomic E-state index is 0.00175. The molecule has 2 nitrogen and oxygen atoms in total. The second-order valence-corrected chi connectivity index (χ2v) is 7.21. The first-order chi connectivity index (χ1) is 10.4. The van der Waals surface area contributed by atoms with E-state index in [9.17, 15) is 4.79 Å². The molecule has 0 aliphatic carbocycles. The Morgan fingerprint density at radius 2 is 1.64 bits per heavy atom. The summed E-state index contributed by atoms with van der Waals surface area (Å²) in [6.07, 6.45) is 7.20. The van der Waals surface area contributed by atoms with Crippen LogP contribution in [0, 0.1) is 11.3 Å². The van der Waals surface area contributed by atoms with E-state index in [0.29, 0.717) is 0 Å². The van der Waals surface area contributed by atoms with Crippen molar-refractivity contribution in [3.8, 4) is 5.75 Å². The van der Waals surface area contributed by atoms with Crippen LogP contribution in [0.25, 0.3) is 0 Å². The fourth-order valence-corrected chi connectivity index (χ4v) is 2.87. The maximum absolute atomic E-state index is 12.9. The molecule has 0 saturated carbocycles. The Morgan fingerprint density at radius 1 is 1.05 bits per heavy atom. The second kappa shape index (κ2) is 8.97. The molecule has 2 heteroatoms. The summed E-state index contributed by atoms with van der Waals surface area (Å²) in [7, 11) is 1.64. The van der Waals surface area contributed by atoms with Crippen molar-refractivity contribution in [1.82, 2.24) is 0 Å². The first-order valence-electron chi connectivity index (χ1n) is 8.58. The molecule has 0 saturated heterocycles. The van der Waals surface area contributed by atoms with Gasteiger partial charge in [0.1, 0.15) is 5.75 Å². The largest absolute Gasteiger partial charge is 0.497 e. The van der Waals surface area contributed by atoms with E-state index in [1.807, 2.05) is 24.3 Å². The second-order valence-electron chi connectivity index (χ2n) is 7.21. The number of carbonyl (C=O) groups excluding carboxylic acids is 1. The molecule has 1 atom stereocenters. The molecule has 0 N–H and O–H groups in total. The van der Waals surface area contributed by atoms with Gasteiger partial charge in [-0.15, -0.1) is 0 Å². The van der Waals surface area contributed by atoms with E-state index in [-0.39, 0.29) is 17.1 Å². The molecular weight excluding hydrogens is 272 g/mol. The number of methoxy groups -OCH3 is 1. The average molecular weight is 304 g/mol. The molecule has 0 spiro atoms. The summed E-state index contributed by atoms with van der Waals surface area (Å²) in [6.45, 7) is 8.74. The zero-order valence-electron chi connectivity index (χ0n) is 14.9. The molecular formula is C20H32O2. The van der Waals surface area contributed by atoms with E-state index in [0.717, 1.165) is 24.2 Å². The summed E-state index contributed by atoms with van der Waals surface area (Å²) in [5.41, 5.74) is 0.802. The molecule has 1 aromatic rings. The Kier molecular flexibility index (Phi) is 7.64. The van der Waals surface area contributed by atoms with Crippen molar-refractivity contribution in [2.24, 2.45) is 11.3 Å². The number of hydrogen-bond acceptors (Lipinski definition) is 2. The van der Waals surface area contributed by atoms with Crippen molar-refractivity contribution in [2.45, 2.75) is 66.2 Å². The number of carbonyl (C=O) groups is 1. The molecule has 0 radical (unpaired) electrons. The van der Waals surface area contributed by atoms with Crippen LogP contribution in [0.4, 0.5) is 0 Å². The third kappa shape index (κ3) is 5.82. The maximum Gasteiger partial charge on any atom is 0.166 e. The number of hydrogen-bond donors (Lipinski definition) is 0. The zero-order chi connectivity index (χ0) is 16.6. The number of rotatable bonds is 9. The van der Waals surface area contributed by atoms with Gasteiger partial charge >= 0.3 is 0 Å². The van der Waals surface area contributed by atoms with Crippen LogP contribution >= 0.6 is 0 Å². The van der Waals surface area contributed by atoms with Crippen molar-refractivity contribution in [3.05, 3.63) is 29.8 Å². The SMILES string of the molecule is CCCCCCCC(C(=O)c1ccc(OC)cc1)C(C)(C)C. The molecule has 1 unspecified atom stereocenters. The van der Waals surface area contributed by atoms with Gasteiger partial charge in [0.2, 0.25) is 0 Å². The van der Waals surface area contributed by atoms with Gasteiger partial charge in [-0.1, -0.05) is 59.8 Å². The number of benzene rings is 1. The Morgan fingerprint density at radius 3 is 2.14 bits per heavy atom. The molecule has 0 aliphatic heterocycles. The highest BCUT2D eigenvalue weighted by Gasteiger charge is 2.31. The lowest BCUT2D eigenvalue weighted by Crippen LogP contribution is -2.28. The van der Waals surface area contributed by atoms with E-state index < -0.39 is 0 Å². The highest BCUT2D eigenvalue weighted by molar-refractivity contribution is 5.98. The molecule has 0 aliphatic rings. The van der Waals surface area contributed by atoms with Gasteiger partial charge in [0.15, 0.2) is 5.78 Å². The number of ether oxygens (including phenoxy) is 1. The Bertz CT molecular complexity index is 440. The summed E-state index contributed by atoms with van der Waals surface area (Å²) in [5, 5.41) is 0. The van der Waals surface area contributed by atoms with Gasteiger partial charge in [0.25, 0.3) is 0 Å². The van der Waals surface area contributed by atoms with Gasteiger partial charge in [-0.25, -0.2) is 0 Å². The van der Waals surface area contributed by atoms with Crippen LogP contribution in [0.2, 0.25) is 0 Å². The molecule has 1 aromatic carbocycles. The van der Waals surface area contributed by atoms with Crippen molar-refractivity contribution >= 4 is 5.78 Å². The molecule has 0 bridgehead atoms. The standard InChI is InChI=1S/C20H32O2/c1-6-7-8-9-10-11-18(20(2,3)4)19(21)16-12-14-17(22-5)15-13-16/h12-15,18H,6-11H2,1-5H3. The summed E-state index contributed by atoms with van der Waals surface area (Å²) in [6, 6.07) is 7.51. The van der Waals surface area contributed by atoms with Crippen LogP contribution in [0.5, 0.6) is 5.75 Å². The topological polar surface area (TPSA) is 26.3 Å². The molecule has 1 rings (SSSR count). The smallest absolute Gasteiger partial charge is 0.166 e. The van der Waals surface area contributed by atoms with Crippen molar-refractivity contribution in [1.29, 1.82) is 0 Å². The van der Waals surface area contributed by atoms with Crippen LogP contribution in [0.3, 0.4) is 0 Å². The summed E-state index contributed by atoms with van der Waals surface area (Å²) >= 11 is 0. The Balaban J connectivity index is 2.71. The first kappa shape index (κ1) is 18.7. The zero-order valence-corrected chi connectivity index (χ0v) is 14.9. The highest BCUT2D eigenvalue weighted by atomic mass is 16.5. The monoisotopic (exact) mass is 304 g/mol. The average Bonchev–Trinajstić information content (AvgIpc) is 2.49. The third-order valence-electron chi connectivity index (χ3n) is 4.33. The van der Waals surface area contributed by atoms with E-state index in [4.69, 9.17) is 4.74 Å². The fraction of sp³-hybridized carbons (Fsp3) is 0.650. The lowest BCUT2D eigenvalue weighted by atomic mass is 9.74. The van der Waals surface area contributed by atoms with Crippen LogP contribution in [0.1, 0.15) is 76.6 Å². The predicted molar refractivity (Wildman–Crippen MR) is 93.6 cm³/mol. The molecule has 124 valence electrons. The third-order valence-corrected chi connectivity index (χ3v) is 4.33. The first-order valence-corrected chi connectivity index (χ1v) is 8.58. The van der Waals surface area contributed by atoms with Crippen LogP contribution in [0.15, 0.2) is 24.3 Å². The van der Waals surface area contributed by atoms with E-state index in [1.54, 1.807) is 7.11 Å². The number of ketones is 1. The van der Waals surface area contributed by atoms with E-state index in [2.05, 4.69) is 27.7 Å². The fourth-order valence-electron chi connectivity index (χ4n) is 2.87. The predicted octanol–water partition coefficient (Wildman–Crippen LogP) is 5.90. The Labute approximate surface area is 136 Å². The van der Waals surface area contributed by atoms with Crippen LogP contribution in [-0.4, -0.2) is 12.9 Å². The molecule has 0 aromatic heterocycles. The number of Topliss-reactive ketones (excluding diaryl/α,β-unsaturated/α-hetero) is 1. The Hall–Kier alpha value is -1.31. The van der Waals surface area contributed by atoms with Crippen molar-refractivity contribution in [3.63, 3.8) is 0 Å². The van der Waals surface area contributed by atoms with Gasteiger partial charge in [0, 0.05) is 11.5 Å². The lowest BCUT2D eigenvalue weighted by molar-refractivity contribution is 0.0799.